The molecule has 0 unspecified atom stereocenters. The molecule has 7 nitrogen and oxygen atoms in total. The third-order valence-corrected chi connectivity index (χ3v) is 4.92. The number of hydrogen-bond donors (Lipinski definition) is 1. The number of ether oxygens (including phenoxy) is 4. The molecule has 7 heteroatoms. The van der Waals surface area contributed by atoms with E-state index in [1.165, 1.54) is 0 Å². The molecule has 2 aromatic rings. The fraction of sp³-hybridized carbons (Fsp3) is 0.250. The molecular weight excluding hydrogens is 398 g/mol. The molecule has 1 atom stereocenters. The van der Waals surface area contributed by atoms with Crippen LogP contribution < -0.4 is 14.8 Å². The standard InChI is InChI=1S/C24H23NO6/c1-4-29-24(27)20-21(26)19(31-23(20)25-17-8-6-5-7-9-17)13-16-12-18(28-3)11-15-10-14(2)30-22(15)16/h5-9,11-14,25H,4,10H2,1-3H3/b19-13-/t14-/m0/s1. The maximum absolute atomic E-state index is 13.1. The summed E-state index contributed by atoms with van der Waals surface area (Å²) in [6.45, 7) is 3.79. The molecule has 160 valence electrons. The number of nitrogens with one attached hydrogen (secondary N) is 1. The van der Waals surface area contributed by atoms with Gasteiger partial charge in [-0.2, -0.15) is 0 Å². The van der Waals surface area contributed by atoms with Gasteiger partial charge in [0.2, 0.25) is 11.7 Å². The lowest BCUT2D eigenvalue weighted by Gasteiger charge is -2.10. The minimum absolute atomic E-state index is 0.0000836. The highest BCUT2D eigenvalue weighted by Crippen LogP contribution is 2.38. The van der Waals surface area contributed by atoms with E-state index in [1.807, 2.05) is 31.2 Å². The molecule has 0 radical (unpaired) electrons. The van der Waals surface area contributed by atoms with Crippen LogP contribution in [0.15, 0.2) is 59.7 Å². The van der Waals surface area contributed by atoms with Crippen LogP contribution in [0.2, 0.25) is 0 Å². The average Bonchev–Trinajstić information content (AvgIpc) is 3.28. The van der Waals surface area contributed by atoms with E-state index in [-0.39, 0.29) is 29.9 Å². The second-order valence-corrected chi connectivity index (χ2v) is 7.19. The third kappa shape index (κ3) is 4.12. The number of rotatable bonds is 6. The molecule has 2 aromatic carbocycles. The van der Waals surface area contributed by atoms with E-state index < -0.39 is 11.8 Å². The second-order valence-electron chi connectivity index (χ2n) is 7.19. The van der Waals surface area contributed by atoms with Crippen LogP contribution in [0.5, 0.6) is 11.5 Å². The van der Waals surface area contributed by atoms with Crippen LogP contribution in [-0.4, -0.2) is 31.6 Å². The predicted molar refractivity (Wildman–Crippen MR) is 115 cm³/mol. The van der Waals surface area contributed by atoms with Crippen molar-refractivity contribution in [2.24, 2.45) is 0 Å². The Morgan fingerprint density at radius 3 is 2.74 bits per heavy atom. The quantitative estimate of drug-likeness (QED) is 0.431. The summed E-state index contributed by atoms with van der Waals surface area (Å²) in [6, 6.07) is 12.8. The summed E-state index contributed by atoms with van der Waals surface area (Å²) in [7, 11) is 1.58. The van der Waals surface area contributed by atoms with Gasteiger partial charge in [-0.1, -0.05) is 18.2 Å². The van der Waals surface area contributed by atoms with Gasteiger partial charge in [-0.05, 0) is 44.2 Å². The number of Topliss-reactive ketones (excluding diaryl/α,β-unsaturated/α-hetero) is 1. The first kappa shape index (κ1) is 20.5. The summed E-state index contributed by atoms with van der Waals surface area (Å²) >= 11 is 0. The summed E-state index contributed by atoms with van der Waals surface area (Å²) in [6.07, 6.45) is 2.33. The van der Waals surface area contributed by atoms with Gasteiger partial charge in [0.15, 0.2) is 11.3 Å². The van der Waals surface area contributed by atoms with Crippen molar-refractivity contribution in [2.75, 3.05) is 19.0 Å². The van der Waals surface area contributed by atoms with Gasteiger partial charge in [-0.3, -0.25) is 4.79 Å². The van der Waals surface area contributed by atoms with E-state index in [4.69, 9.17) is 18.9 Å². The van der Waals surface area contributed by atoms with Crippen molar-refractivity contribution in [3.63, 3.8) is 0 Å². The van der Waals surface area contributed by atoms with E-state index in [1.54, 1.807) is 38.3 Å². The maximum Gasteiger partial charge on any atom is 0.347 e. The fourth-order valence-electron chi connectivity index (χ4n) is 3.56. The lowest BCUT2D eigenvalue weighted by atomic mass is 10.0. The first-order valence-corrected chi connectivity index (χ1v) is 10.1. The molecule has 2 aliphatic heterocycles. The largest absolute Gasteiger partial charge is 0.497 e. The summed E-state index contributed by atoms with van der Waals surface area (Å²) in [5.74, 6) is 0.0682. The van der Waals surface area contributed by atoms with Crippen LogP contribution in [0.4, 0.5) is 5.69 Å². The number of para-hydroxylation sites is 1. The van der Waals surface area contributed by atoms with Crippen LogP contribution in [-0.2, 0) is 25.5 Å². The summed E-state index contributed by atoms with van der Waals surface area (Å²) in [4.78, 5) is 25.6. The molecule has 0 saturated carbocycles. The number of carbonyl (C=O) groups is 2. The van der Waals surface area contributed by atoms with Crippen LogP contribution in [0.25, 0.3) is 6.08 Å². The van der Waals surface area contributed by atoms with E-state index in [9.17, 15) is 9.59 Å². The molecule has 0 bridgehead atoms. The number of esters is 1. The van der Waals surface area contributed by atoms with E-state index in [0.29, 0.717) is 22.7 Å². The highest BCUT2D eigenvalue weighted by Gasteiger charge is 2.37. The Kier molecular flexibility index (Phi) is 5.66. The molecule has 4 rings (SSSR count). The van der Waals surface area contributed by atoms with Gasteiger partial charge in [0, 0.05) is 23.2 Å². The Labute approximate surface area is 180 Å². The zero-order chi connectivity index (χ0) is 22.0. The van der Waals surface area contributed by atoms with Crippen molar-refractivity contribution >= 4 is 23.5 Å². The van der Waals surface area contributed by atoms with Crippen molar-refractivity contribution < 1.29 is 28.5 Å². The van der Waals surface area contributed by atoms with Crippen LogP contribution in [0.1, 0.15) is 25.0 Å². The van der Waals surface area contributed by atoms with Gasteiger partial charge in [0.05, 0.1) is 13.7 Å². The minimum Gasteiger partial charge on any atom is -0.497 e. The molecule has 0 saturated heterocycles. The number of fused-ring (bicyclic) bond motifs is 1. The number of methoxy groups -OCH3 is 1. The van der Waals surface area contributed by atoms with Crippen LogP contribution in [0, 0.1) is 0 Å². The van der Waals surface area contributed by atoms with E-state index in [0.717, 1.165) is 12.0 Å². The smallest absolute Gasteiger partial charge is 0.347 e. The predicted octanol–water partition coefficient (Wildman–Crippen LogP) is 3.85. The fourth-order valence-corrected chi connectivity index (χ4v) is 3.56. The van der Waals surface area contributed by atoms with Crippen molar-refractivity contribution in [2.45, 2.75) is 26.4 Å². The molecular formula is C24H23NO6. The first-order valence-electron chi connectivity index (χ1n) is 10.1. The Hall–Kier alpha value is -3.74. The number of benzene rings is 2. The van der Waals surface area contributed by atoms with Crippen molar-refractivity contribution in [1.82, 2.24) is 0 Å². The summed E-state index contributed by atoms with van der Waals surface area (Å²) < 4.78 is 22.2. The van der Waals surface area contributed by atoms with Crippen molar-refractivity contribution in [3.8, 4) is 11.5 Å². The summed E-state index contributed by atoms with van der Waals surface area (Å²) in [5.41, 5.74) is 2.13. The molecule has 0 amide bonds. The highest BCUT2D eigenvalue weighted by molar-refractivity contribution is 6.26. The molecule has 2 aliphatic rings. The first-order chi connectivity index (χ1) is 15.0. The number of carbonyl (C=O) groups excluding carboxylic acids is 2. The van der Waals surface area contributed by atoms with Crippen molar-refractivity contribution in [1.29, 1.82) is 0 Å². The SMILES string of the molecule is CCOC(=O)C1=C(Nc2ccccc2)O/C(=C\c2cc(OC)cc3c2O[C@@H](C)C3)C1=O. The normalized spacial score (nSPS) is 18.5. The van der Waals surface area contributed by atoms with Gasteiger partial charge in [0.25, 0.3) is 0 Å². The maximum atomic E-state index is 13.1. The van der Waals surface area contributed by atoms with Crippen LogP contribution in [0.3, 0.4) is 0 Å². The number of anilines is 1. The van der Waals surface area contributed by atoms with Gasteiger partial charge in [-0.25, -0.2) is 4.79 Å². The molecule has 1 N–H and O–H groups in total. The minimum atomic E-state index is -0.741. The van der Waals surface area contributed by atoms with E-state index >= 15 is 0 Å². The monoisotopic (exact) mass is 421 g/mol. The van der Waals surface area contributed by atoms with Crippen molar-refractivity contribution in [3.05, 3.63) is 70.8 Å². The van der Waals surface area contributed by atoms with Gasteiger partial charge >= 0.3 is 5.97 Å². The topological polar surface area (TPSA) is 83.1 Å². The van der Waals surface area contributed by atoms with E-state index in [2.05, 4.69) is 5.32 Å². The Morgan fingerprint density at radius 1 is 1.26 bits per heavy atom. The summed E-state index contributed by atoms with van der Waals surface area (Å²) in [5, 5.41) is 3.00. The van der Waals surface area contributed by atoms with Gasteiger partial charge in [0.1, 0.15) is 17.6 Å². The third-order valence-electron chi connectivity index (χ3n) is 4.92. The molecule has 0 aromatic heterocycles. The highest BCUT2D eigenvalue weighted by atomic mass is 16.5. The molecule has 0 spiro atoms. The van der Waals surface area contributed by atoms with Gasteiger partial charge in [-0.15, -0.1) is 0 Å². The zero-order valence-electron chi connectivity index (χ0n) is 17.6. The average molecular weight is 421 g/mol. The Morgan fingerprint density at radius 2 is 2.03 bits per heavy atom. The molecule has 2 heterocycles. The number of hydrogen-bond acceptors (Lipinski definition) is 7. The number of ketones is 1. The number of allylic oxidation sites excluding steroid dienone is 1. The van der Waals surface area contributed by atoms with Gasteiger partial charge < -0.3 is 24.3 Å². The molecule has 0 fully saturated rings. The lowest BCUT2D eigenvalue weighted by Crippen LogP contribution is -2.16. The lowest BCUT2D eigenvalue weighted by molar-refractivity contribution is -0.139. The molecule has 0 aliphatic carbocycles. The second kappa shape index (κ2) is 8.55. The molecule has 31 heavy (non-hydrogen) atoms. The Bertz CT molecular complexity index is 1090. The van der Waals surface area contributed by atoms with Crippen LogP contribution >= 0.6 is 0 Å². The Balaban J connectivity index is 1.72. The zero-order valence-corrected chi connectivity index (χ0v) is 17.6.